The predicted octanol–water partition coefficient (Wildman–Crippen LogP) is 2.30. The van der Waals surface area contributed by atoms with Gasteiger partial charge in [-0.25, -0.2) is 4.98 Å². The lowest BCUT2D eigenvalue weighted by molar-refractivity contribution is 0.249. The number of benzene rings is 1. The summed E-state index contributed by atoms with van der Waals surface area (Å²) in [6, 6.07) is 13.8. The first-order chi connectivity index (χ1) is 14.7. The number of nitrogens with two attached hydrogens (primary N) is 1. The number of anilines is 2. The highest BCUT2D eigenvalue weighted by Crippen LogP contribution is 2.22. The van der Waals surface area contributed by atoms with E-state index in [-0.39, 0.29) is 0 Å². The summed E-state index contributed by atoms with van der Waals surface area (Å²) in [6.45, 7) is 4.56. The molecule has 4 heterocycles. The zero-order valence-electron chi connectivity index (χ0n) is 16.7. The number of piperazine rings is 1. The minimum absolute atomic E-state index is 0.313. The summed E-state index contributed by atoms with van der Waals surface area (Å²) in [5, 5.41) is 4.40. The monoisotopic (exact) mass is 405 g/mol. The van der Waals surface area contributed by atoms with Crippen LogP contribution in [0, 0.1) is 0 Å². The highest BCUT2D eigenvalue weighted by Gasteiger charge is 2.20. The molecule has 1 fully saturated rings. The summed E-state index contributed by atoms with van der Waals surface area (Å²) in [5.41, 5.74) is 8.09. The molecule has 0 bridgehead atoms. The largest absolute Gasteiger partial charge is 0.497 e. The Labute approximate surface area is 173 Å². The Bertz CT molecular complexity index is 1130. The number of furan rings is 1. The molecular formula is C21H23N7O2. The van der Waals surface area contributed by atoms with Gasteiger partial charge in [-0.2, -0.15) is 9.50 Å². The number of nitrogens with zero attached hydrogens (tertiary/aromatic N) is 6. The Morgan fingerprint density at radius 3 is 2.57 bits per heavy atom. The maximum Gasteiger partial charge on any atom is 0.225 e. The molecule has 0 atom stereocenters. The third-order valence-electron chi connectivity index (χ3n) is 5.34. The van der Waals surface area contributed by atoms with E-state index in [1.165, 1.54) is 5.56 Å². The van der Waals surface area contributed by atoms with Gasteiger partial charge in [0.05, 0.1) is 13.4 Å². The Kier molecular flexibility index (Phi) is 4.72. The van der Waals surface area contributed by atoms with E-state index in [0.29, 0.717) is 23.2 Å². The molecule has 1 aliphatic heterocycles. The van der Waals surface area contributed by atoms with E-state index < -0.39 is 0 Å². The number of ether oxygens (including phenoxy) is 1. The topological polar surface area (TPSA) is 98.0 Å². The van der Waals surface area contributed by atoms with Crippen LogP contribution in [0.2, 0.25) is 0 Å². The number of fused-ring (bicyclic) bond motifs is 1. The maximum absolute atomic E-state index is 6.15. The van der Waals surface area contributed by atoms with E-state index >= 15 is 0 Å². The molecule has 0 saturated carbocycles. The smallest absolute Gasteiger partial charge is 0.225 e. The maximum atomic E-state index is 6.15. The van der Waals surface area contributed by atoms with Gasteiger partial charge in [0, 0.05) is 38.8 Å². The lowest BCUT2D eigenvalue weighted by Gasteiger charge is -2.35. The van der Waals surface area contributed by atoms with Crippen LogP contribution < -0.4 is 15.4 Å². The van der Waals surface area contributed by atoms with Crippen molar-refractivity contribution in [3.8, 4) is 17.3 Å². The molecule has 2 N–H and O–H groups in total. The van der Waals surface area contributed by atoms with Crippen LogP contribution in [0.3, 0.4) is 0 Å². The van der Waals surface area contributed by atoms with E-state index in [1.807, 2.05) is 24.3 Å². The van der Waals surface area contributed by atoms with Crippen LogP contribution in [-0.4, -0.2) is 57.8 Å². The van der Waals surface area contributed by atoms with Crippen molar-refractivity contribution in [2.24, 2.45) is 0 Å². The van der Waals surface area contributed by atoms with E-state index in [1.54, 1.807) is 24.0 Å². The summed E-state index contributed by atoms with van der Waals surface area (Å²) >= 11 is 0. The van der Waals surface area contributed by atoms with E-state index in [9.17, 15) is 0 Å². The Hall–Kier alpha value is -3.59. The molecule has 30 heavy (non-hydrogen) atoms. The average Bonchev–Trinajstić information content (AvgIpc) is 3.45. The first kappa shape index (κ1) is 18.4. The van der Waals surface area contributed by atoms with Gasteiger partial charge >= 0.3 is 0 Å². The van der Waals surface area contributed by atoms with E-state index in [4.69, 9.17) is 14.9 Å². The SMILES string of the molecule is COc1ccc(CN2CCN(c3cc4nc(-c5ccco5)nn4c(N)n3)CC2)cc1. The molecule has 0 aliphatic carbocycles. The normalized spacial score (nSPS) is 15.0. The molecule has 5 rings (SSSR count). The molecule has 0 unspecified atom stereocenters. The molecule has 9 nitrogen and oxygen atoms in total. The zero-order valence-corrected chi connectivity index (χ0v) is 16.7. The number of hydrogen-bond acceptors (Lipinski definition) is 8. The Morgan fingerprint density at radius 2 is 1.87 bits per heavy atom. The first-order valence-electron chi connectivity index (χ1n) is 9.87. The fraction of sp³-hybridized carbons (Fsp3) is 0.286. The van der Waals surface area contributed by atoms with Crippen molar-refractivity contribution < 1.29 is 9.15 Å². The highest BCUT2D eigenvalue weighted by molar-refractivity contribution is 5.59. The quantitative estimate of drug-likeness (QED) is 0.540. The van der Waals surface area contributed by atoms with Crippen molar-refractivity contribution in [2.45, 2.75) is 6.54 Å². The molecule has 1 aromatic carbocycles. The van der Waals surface area contributed by atoms with Crippen LogP contribution in [0.15, 0.2) is 53.1 Å². The lowest BCUT2D eigenvalue weighted by Crippen LogP contribution is -2.46. The lowest BCUT2D eigenvalue weighted by atomic mass is 10.2. The molecule has 0 radical (unpaired) electrons. The van der Waals surface area contributed by atoms with Crippen molar-refractivity contribution in [2.75, 3.05) is 43.9 Å². The minimum Gasteiger partial charge on any atom is -0.497 e. The van der Waals surface area contributed by atoms with Crippen molar-refractivity contribution in [1.29, 1.82) is 0 Å². The van der Waals surface area contributed by atoms with Crippen molar-refractivity contribution in [3.05, 3.63) is 54.3 Å². The summed E-state index contributed by atoms with van der Waals surface area (Å²) < 4.78 is 12.2. The molecular weight excluding hydrogens is 382 g/mol. The summed E-state index contributed by atoms with van der Waals surface area (Å²) in [4.78, 5) is 13.8. The number of aromatic nitrogens is 4. The molecule has 154 valence electrons. The van der Waals surface area contributed by atoms with Crippen LogP contribution >= 0.6 is 0 Å². The Morgan fingerprint density at radius 1 is 1.07 bits per heavy atom. The van der Waals surface area contributed by atoms with Crippen molar-refractivity contribution >= 4 is 17.4 Å². The van der Waals surface area contributed by atoms with Crippen LogP contribution in [0.4, 0.5) is 11.8 Å². The molecule has 1 saturated heterocycles. The van der Waals surface area contributed by atoms with Crippen molar-refractivity contribution in [1.82, 2.24) is 24.5 Å². The number of nitrogen functional groups attached to an aromatic ring is 1. The summed E-state index contributed by atoms with van der Waals surface area (Å²) in [5.74, 6) is 3.11. The molecule has 3 aromatic heterocycles. The van der Waals surface area contributed by atoms with Gasteiger partial charge in [0.15, 0.2) is 11.4 Å². The van der Waals surface area contributed by atoms with Crippen LogP contribution in [0.5, 0.6) is 5.75 Å². The number of rotatable bonds is 5. The number of methoxy groups -OCH3 is 1. The van der Waals surface area contributed by atoms with Gasteiger partial charge in [-0.15, -0.1) is 5.10 Å². The second-order valence-corrected chi connectivity index (χ2v) is 7.27. The molecule has 0 amide bonds. The fourth-order valence-corrected chi connectivity index (χ4v) is 3.70. The zero-order chi connectivity index (χ0) is 20.5. The Balaban J connectivity index is 1.28. The first-order valence-corrected chi connectivity index (χ1v) is 9.87. The third-order valence-corrected chi connectivity index (χ3v) is 5.34. The van der Waals surface area contributed by atoms with Gasteiger partial charge in [-0.1, -0.05) is 12.1 Å². The van der Waals surface area contributed by atoms with Crippen LogP contribution in [-0.2, 0) is 6.54 Å². The molecule has 4 aromatic rings. The van der Waals surface area contributed by atoms with Gasteiger partial charge in [0.25, 0.3) is 0 Å². The average molecular weight is 405 g/mol. The van der Waals surface area contributed by atoms with Gasteiger partial charge < -0.3 is 19.8 Å². The molecule has 9 heteroatoms. The highest BCUT2D eigenvalue weighted by atomic mass is 16.5. The van der Waals surface area contributed by atoms with Gasteiger partial charge in [-0.3, -0.25) is 4.90 Å². The fourth-order valence-electron chi connectivity index (χ4n) is 3.70. The summed E-state index contributed by atoms with van der Waals surface area (Å²) in [6.07, 6.45) is 1.60. The van der Waals surface area contributed by atoms with Gasteiger partial charge in [-0.05, 0) is 29.8 Å². The van der Waals surface area contributed by atoms with Crippen molar-refractivity contribution in [3.63, 3.8) is 0 Å². The summed E-state index contributed by atoms with van der Waals surface area (Å²) in [7, 11) is 1.68. The van der Waals surface area contributed by atoms with Gasteiger partial charge in [0.1, 0.15) is 11.6 Å². The van der Waals surface area contributed by atoms with E-state index in [2.05, 4.69) is 37.0 Å². The minimum atomic E-state index is 0.313. The standard InChI is InChI=1S/C21H23N7O2/c1-29-16-6-4-15(5-7-16)14-26-8-10-27(11-9-26)18-13-19-23-20(17-3-2-12-30-17)25-28(19)21(22)24-18/h2-7,12-13H,8-11,14H2,1H3,(H2,22,24). The predicted molar refractivity (Wildman–Crippen MR) is 113 cm³/mol. The third kappa shape index (κ3) is 3.55. The van der Waals surface area contributed by atoms with Gasteiger partial charge in [0.2, 0.25) is 11.8 Å². The number of hydrogen-bond donors (Lipinski definition) is 1. The second kappa shape index (κ2) is 7.68. The van der Waals surface area contributed by atoms with E-state index in [0.717, 1.165) is 44.3 Å². The second-order valence-electron chi connectivity index (χ2n) is 7.27. The molecule has 0 spiro atoms. The molecule has 1 aliphatic rings. The van der Waals surface area contributed by atoms with Crippen LogP contribution in [0.1, 0.15) is 5.56 Å². The van der Waals surface area contributed by atoms with Crippen LogP contribution in [0.25, 0.3) is 17.2 Å².